The lowest BCUT2D eigenvalue weighted by Gasteiger charge is -2.42. The molecule has 2 aromatic rings. The fraction of sp³-hybridized carbons (Fsp3) is 0.458. The van der Waals surface area contributed by atoms with Gasteiger partial charge in [-0.05, 0) is 36.5 Å². The normalized spacial score (nSPS) is 20.4. The molecule has 3 heterocycles. The summed E-state index contributed by atoms with van der Waals surface area (Å²) in [5.74, 6) is 0.431. The van der Waals surface area contributed by atoms with Gasteiger partial charge in [0.15, 0.2) is 0 Å². The lowest BCUT2D eigenvalue weighted by atomic mass is 10.0. The summed E-state index contributed by atoms with van der Waals surface area (Å²) in [5, 5.41) is 0. The molecule has 4 rings (SSSR count). The van der Waals surface area contributed by atoms with Crippen LogP contribution in [-0.2, 0) is 22.6 Å². The molecular formula is C24H30N4O2. The number of amides is 2. The number of carbonyl (C=O) groups excluding carboxylic acids is 2. The minimum absolute atomic E-state index is 0.0462. The van der Waals surface area contributed by atoms with Gasteiger partial charge in [-0.3, -0.25) is 19.5 Å². The number of benzene rings is 1. The number of piperazine rings is 1. The van der Waals surface area contributed by atoms with Crippen LogP contribution in [0.15, 0.2) is 54.9 Å². The van der Waals surface area contributed by atoms with Crippen LogP contribution >= 0.6 is 0 Å². The minimum atomic E-state index is -0.0462. The van der Waals surface area contributed by atoms with Crippen molar-refractivity contribution < 1.29 is 9.59 Å². The Balaban J connectivity index is 1.27. The summed E-state index contributed by atoms with van der Waals surface area (Å²) in [4.78, 5) is 36.0. The summed E-state index contributed by atoms with van der Waals surface area (Å²) in [6.07, 6.45) is 6.76. The predicted molar refractivity (Wildman–Crippen MR) is 116 cm³/mol. The van der Waals surface area contributed by atoms with Gasteiger partial charge >= 0.3 is 0 Å². The molecule has 0 spiro atoms. The van der Waals surface area contributed by atoms with Crippen molar-refractivity contribution in [3.63, 3.8) is 0 Å². The van der Waals surface area contributed by atoms with Gasteiger partial charge in [0.05, 0.1) is 6.04 Å². The van der Waals surface area contributed by atoms with Crippen LogP contribution in [0, 0.1) is 0 Å². The standard InChI is InChI=1S/C24H30N4O2/c29-23(11-10-20-8-4-12-25-18-20)27-16-14-26(15-17-27)22-9-5-13-28(24(22)30)19-21-6-2-1-3-7-21/h1-4,6-8,12,18,22H,5,9-11,13-17,19H2. The third-order valence-corrected chi connectivity index (χ3v) is 6.18. The number of hydrogen-bond donors (Lipinski definition) is 0. The van der Waals surface area contributed by atoms with E-state index in [2.05, 4.69) is 22.0 Å². The van der Waals surface area contributed by atoms with Crippen molar-refractivity contribution in [2.75, 3.05) is 32.7 Å². The molecule has 30 heavy (non-hydrogen) atoms. The van der Waals surface area contributed by atoms with E-state index >= 15 is 0 Å². The molecule has 6 nitrogen and oxygen atoms in total. The number of aryl methyl sites for hydroxylation is 1. The summed E-state index contributed by atoms with van der Waals surface area (Å²) in [5.41, 5.74) is 2.27. The second-order valence-corrected chi connectivity index (χ2v) is 8.18. The molecule has 158 valence electrons. The van der Waals surface area contributed by atoms with Gasteiger partial charge in [-0.25, -0.2) is 0 Å². The average molecular weight is 407 g/mol. The van der Waals surface area contributed by atoms with Gasteiger partial charge in [0.1, 0.15) is 0 Å². The van der Waals surface area contributed by atoms with Crippen molar-refractivity contribution in [2.45, 2.75) is 38.3 Å². The molecule has 1 aromatic heterocycles. The van der Waals surface area contributed by atoms with E-state index in [4.69, 9.17) is 0 Å². The molecule has 0 saturated carbocycles. The van der Waals surface area contributed by atoms with Crippen LogP contribution in [0.5, 0.6) is 0 Å². The zero-order valence-electron chi connectivity index (χ0n) is 17.4. The Morgan fingerprint density at radius 3 is 2.47 bits per heavy atom. The highest BCUT2D eigenvalue weighted by Crippen LogP contribution is 2.21. The molecule has 2 aliphatic rings. The zero-order chi connectivity index (χ0) is 20.8. The largest absolute Gasteiger partial charge is 0.340 e. The number of aromatic nitrogens is 1. The molecule has 2 amide bonds. The van der Waals surface area contributed by atoms with Crippen LogP contribution in [0.2, 0.25) is 0 Å². The smallest absolute Gasteiger partial charge is 0.240 e. The summed E-state index contributed by atoms with van der Waals surface area (Å²) < 4.78 is 0. The SMILES string of the molecule is O=C(CCc1cccnc1)N1CCN(C2CCCN(Cc3ccccc3)C2=O)CC1. The first kappa shape index (κ1) is 20.5. The molecule has 0 N–H and O–H groups in total. The van der Waals surface area contributed by atoms with Crippen LogP contribution in [0.4, 0.5) is 0 Å². The monoisotopic (exact) mass is 406 g/mol. The molecule has 1 aromatic carbocycles. The Morgan fingerprint density at radius 2 is 1.73 bits per heavy atom. The van der Waals surface area contributed by atoms with Gasteiger partial charge in [0.25, 0.3) is 0 Å². The molecule has 0 bridgehead atoms. The quantitative estimate of drug-likeness (QED) is 0.739. The maximum atomic E-state index is 13.1. The van der Waals surface area contributed by atoms with Crippen molar-refractivity contribution in [3.05, 3.63) is 66.0 Å². The summed E-state index contributed by atoms with van der Waals surface area (Å²) in [6, 6.07) is 14.1. The van der Waals surface area contributed by atoms with Crippen LogP contribution in [0.3, 0.4) is 0 Å². The second kappa shape index (κ2) is 9.85. The number of pyridine rings is 1. The van der Waals surface area contributed by atoms with Gasteiger partial charge in [-0.2, -0.15) is 0 Å². The first-order valence-electron chi connectivity index (χ1n) is 10.9. The highest BCUT2D eigenvalue weighted by Gasteiger charge is 2.35. The number of nitrogens with zero attached hydrogens (tertiary/aromatic N) is 4. The first-order chi connectivity index (χ1) is 14.7. The number of likely N-dealkylation sites (tertiary alicyclic amines) is 1. The highest BCUT2D eigenvalue weighted by molar-refractivity contribution is 5.82. The molecule has 0 aliphatic carbocycles. The molecule has 2 saturated heterocycles. The number of rotatable bonds is 6. The van der Waals surface area contributed by atoms with Crippen LogP contribution < -0.4 is 0 Å². The van der Waals surface area contributed by atoms with Crippen molar-refractivity contribution >= 4 is 11.8 Å². The van der Waals surface area contributed by atoms with Gasteiger partial charge in [0, 0.05) is 58.1 Å². The maximum Gasteiger partial charge on any atom is 0.240 e. The van der Waals surface area contributed by atoms with E-state index in [1.807, 2.05) is 46.3 Å². The zero-order valence-corrected chi connectivity index (χ0v) is 17.4. The fourth-order valence-corrected chi connectivity index (χ4v) is 4.46. The van der Waals surface area contributed by atoms with E-state index in [0.717, 1.165) is 44.5 Å². The van der Waals surface area contributed by atoms with Crippen molar-refractivity contribution in [2.24, 2.45) is 0 Å². The predicted octanol–water partition coefficient (Wildman–Crippen LogP) is 2.35. The van der Waals surface area contributed by atoms with Crippen LogP contribution in [0.25, 0.3) is 0 Å². The molecule has 1 unspecified atom stereocenters. The third kappa shape index (κ3) is 5.05. The molecule has 2 fully saturated rings. The minimum Gasteiger partial charge on any atom is -0.340 e. The third-order valence-electron chi connectivity index (χ3n) is 6.18. The fourth-order valence-electron chi connectivity index (χ4n) is 4.46. The van der Waals surface area contributed by atoms with E-state index in [0.29, 0.717) is 26.1 Å². The Labute approximate surface area is 178 Å². The van der Waals surface area contributed by atoms with E-state index in [1.54, 1.807) is 6.20 Å². The summed E-state index contributed by atoms with van der Waals surface area (Å²) in [7, 11) is 0. The van der Waals surface area contributed by atoms with E-state index in [-0.39, 0.29) is 17.9 Å². The highest BCUT2D eigenvalue weighted by atomic mass is 16.2. The second-order valence-electron chi connectivity index (χ2n) is 8.18. The number of piperidine rings is 1. The van der Waals surface area contributed by atoms with Crippen molar-refractivity contribution in [3.8, 4) is 0 Å². The van der Waals surface area contributed by atoms with Crippen molar-refractivity contribution in [1.82, 2.24) is 19.7 Å². The molecule has 1 atom stereocenters. The average Bonchev–Trinajstić information content (AvgIpc) is 2.80. The number of carbonyl (C=O) groups is 2. The van der Waals surface area contributed by atoms with E-state index < -0.39 is 0 Å². The van der Waals surface area contributed by atoms with Crippen LogP contribution in [-0.4, -0.2) is 70.3 Å². The molecular weight excluding hydrogens is 376 g/mol. The summed E-state index contributed by atoms with van der Waals surface area (Å²) in [6.45, 7) is 4.46. The van der Waals surface area contributed by atoms with E-state index in [1.165, 1.54) is 5.56 Å². The number of hydrogen-bond acceptors (Lipinski definition) is 4. The van der Waals surface area contributed by atoms with Gasteiger partial charge < -0.3 is 9.80 Å². The lowest BCUT2D eigenvalue weighted by molar-refractivity contribution is -0.143. The van der Waals surface area contributed by atoms with Gasteiger partial charge in [-0.1, -0.05) is 36.4 Å². The van der Waals surface area contributed by atoms with Gasteiger partial charge in [0.2, 0.25) is 11.8 Å². The topological polar surface area (TPSA) is 56.8 Å². The molecule has 6 heteroatoms. The van der Waals surface area contributed by atoms with Crippen LogP contribution in [0.1, 0.15) is 30.4 Å². The Bertz CT molecular complexity index is 835. The maximum absolute atomic E-state index is 13.1. The Kier molecular flexibility index (Phi) is 6.74. The first-order valence-corrected chi connectivity index (χ1v) is 10.9. The van der Waals surface area contributed by atoms with Gasteiger partial charge in [-0.15, -0.1) is 0 Å². The lowest BCUT2D eigenvalue weighted by Crippen LogP contribution is -2.58. The summed E-state index contributed by atoms with van der Waals surface area (Å²) >= 11 is 0. The van der Waals surface area contributed by atoms with Crippen molar-refractivity contribution in [1.29, 1.82) is 0 Å². The molecule has 0 radical (unpaired) electrons. The molecule has 2 aliphatic heterocycles. The Morgan fingerprint density at radius 1 is 0.967 bits per heavy atom. The van der Waals surface area contributed by atoms with E-state index in [9.17, 15) is 9.59 Å². The Hall–Kier alpha value is -2.73.